The summed E-state index contributed by atoms with van der Waals surface area (Å²) in [5.41, 5.74) is -0.0982. The summed E-state index contributed by atoms with van der Waals surface area (Å²) in [6.45, 7) is 0. The maximum atomic E-state index is 11.8. The molecule has 0 bridgehead atoms. The fourth-order valence-corrected chi connectivity index (χ4v) is 4.39. The van der Waals surface area contributed by atoms with Crippen LogP contribution in [0, 0.1) is 7.14 Å². The van der Waals surface area contributed by atoms with Gasteiger partial charge in [-0.1, -0.05) is 28.1 Å². The van der Waals surface area contributed by atoms with Crippen molar-refractivity contribution < 1.29 is 19.7 Å². The first kappa shape index (κ1) is 17.0. The van der Waals surface area contributed by atoms with E-state index in [2.05, 4.69) is 15.9 Å². The number of cyclic esters (lactones) is 1. The maximum Gasteiger partial charge on any atom is 0.332 e. The van der Waals surface area contributed by atoms with Crippen molar-refractivity contribution in [2.75, 3.05) is 0 Å². The van der Waals surface area contributed by atoms with Crippen molar-refractivity contribution in [2.45, 2.75) is 5.60 Å². The molecule has 2 N–H and O–H groups in total. The van der Waals surface area contributed by atoms with Crippen LogP contribution in [0.4, 0.5) is 0 Å². The number of benzene rings is 2. The van der Waals surface area contributed by atoms with Crippen molar-refractivity contribution in [3.63, 3.8) is 0 Å². The van der Waals surface area contributed by atoms with Gasteiger partial charge in [-0.05, 0) is 69.5 Å². The van der Waals surface area contributed by atoms with E-state index in [1.54, 1.807) is 12.1 Å². The highest BCUT2D eigenvalue weighted by molar-refractivity contribution is 14.1. The van der Waals surface area contributed by atoms with Crippen LogP contribution >= 0.6 is 61.1 Å². The lowest BCUT2D eigenvalue weighted by atomic mass is 9.86. The van der Waals surface area contributed by atoms with Crippen LogP contribution in [0.1, 0.15) is 11.1 Å². The molecule has 0 radical (unpaired) electrons. The molecule has 1 heterocycles. The number of hydrogen-bond donors (Lipinski definition) is 2. The molecule has 1 aliphatic heterocycles. The topological polar surface area (TPSA) is 66.8 Å². The Kier molecular flexibility index (Phi) is 4.62. The van der Waals surface area contributed by atoms with Crippen molar-refractivity contribution in [3.05, 3.63) is 65.2 Å². The number of aromatic hydroxyl groups is 2. The summed E-state index contributed by atoms with van der Waals surface area (Å²) in [7, 11) is 0. The van der Waals surface area contributed by atoms with Gasteiger partial charge in [0.05, 0.1) is 7.14 Å². The summed E-state index contributed by atoms with van der Waals surface area (Å²) in [6, 6.07) is 8.94. The standard InChI is InChI=1S/C16H9BrI2O4/c17-9-3-1-8(2-4-9)16(6-5-12(20)23-16)10-7-11(18)15(22)13(19)14(10)21/h1-7,21-22H. The first-order chi connectivity index (χ1) is 10.8. The van der Waals surface area contributed by atoms with Crippen LogP contribution < -0.4 is 0 Å². The Hall–Kier alpha value is -0.810. The van der Waals surface area contributed by atoms with Crippen LogP contribution in [0.15, 0.2) is 47.0 Å². The average Bonchev–Trinajstić information content (AvgIpc) is 2.92. The smallest absolute Gasteiger partial charge is 0.332 e. The van der Waals surface area contributed by atoms with Crippen molar-refractivity contribution in [3.8, 4) is 11.5 Å². The molecule has 4 nitrogen and oxygen atoms in total. The molecule has 1 aliphatic rings. The zero-order chi connectivity index (χ0) is 16.8. The van der Waals surface area contributed by atoms with E-state index in [1.165, 1.54) is 6.08 Å². The fourth-order valence-electron chi connectivity index (χ4n) is 2.45. The molecular weight excluding hydrogens is 590 g/mol. The number of halogens is 3. The Bertz CT molecular complexity index is 833. The summed E-state index contributed by atoms with van der Waals surface area (Å²) in [5.74, 6) is -0.581. The van der Waals surface area contributed by atoms with Gasteiger partial charge >= 0.3 is 5.97 Å². The molecule has 0 saturated carbocycles. The van der Waals surface area contributed by atoms with Crippen molar-refractivity contribution in [1.82, 2.24) is 0 Å². The van der Waals surface area contributed by atoms with Gasteiger partial charge in [0.15, 0.2) is 5.60 Å². The normalized spacial score (nSPS) is 19.9. The van der Waals surface area contributed by atoms with E-state index in [0.717, 1.165) is 4.47 Å². The van der Waals surface area contributed by atoms with Crippen LogP contribution in [0.2, 0.25) is 0 Å². The number of phenols is 2. The van der Waals surface area contributed by atoms with Crippen LogP contribution in [-0.4, -0.2) is 16.2 Å². The maximum absolute atomic E-state index is 11.8. The second kappa shape index (κ2) is 6.25. The number of esters is 1. The van der Waals surface area contributed by atoms with Gasteiger partial charge in [0.25, 0.3) is 0 Å². The Labute approximate surface area is 168 Å². The summed E-state index contributed by atoms with van der Waals surface area (Å²) in [5, 5.41) is 20.5. The lowest BCUT2D eigenvalue weighted by Gasteiger charge is -2.29. The quantitative estimate of drug-likeness (QED) is 0.397. The monoisotopic (exact) mass is 598 g/mol. The zero-order valence-electron chi connectivity index (χ0n) is 11.4. The predicted molar refractivity (Wildman–Crippen MR) is 105 cm³/mol. The van der Waals surface area contributed by atoms with Crippen molar-refractivity contribution in [1.29, 1.82) is 0 Å². The summed E-state index contributed by atoms with van der Waals surface area (Å²) in [6.07, 6.45) is 2.96. The molecule has 0 fully saturated rings. The molecule has 0 aliphatic carbocycles. The number of hydrogen-bond acceptors (Lipinski definition) is 4. The van der Waals surface area contributed by atoms with Crippen LogP contribution in [0.3, 0.4) is 0 Å². The van der Waals surface area contributed by atoms with E-state index in [-0.39, 0.29) is 11.5 Å². The van der Waals surface area contributed by atoms with Crippen LogP contribution in [0.25, 0.3) is 0 Å². The molecule has 0 amide bonds. The van der Waals surface area contributed by atoms with Gasteiger partial charge in [-0.3, -0.25) is 0 Å². The third-order valence-electron chi connectivity index (χ3n) is 3.56. The molecule has 3 rings (SSSR count). The number of carbonyl (C=O) groups excluding carboxylic acids is 1. The van der Waals surface area contributed by atoms with Gasteiger partial charge < -0.3 is 14.9 Å². The van der Waals surface area contributed by atoms with Crippen molar-refractivity contribution >= 4 is 67.1 Å². The number of carbonyl (C=O) groups is 1. The van der Waals surface area contributed by atoms with E-state index < -0.39 is 11.6 Å². The zero-order valence-corrected chi connectivity index (χ0v) is 17.3. The van der Waals surface area contributed by atoms with Gasteiger partial charge in [-0.25, -0.2) is 4.79 Å². The molecule has 0 spiro atoms. The summed E-state index contributed by atoms with van der Waals surface area (Å²) < 4.78 is 7.35. The Morgan fingerprint density at radius 2 is 1.74 bits per heavy atom. The van der Waals surface area contributed by atoms with Gasteiger partial charge in [0.2, 0.25) is 0 Å². The van der Waals surface area contributed by atoms with Gasteiger partial charge in [0, 0.05) is 21.7 Å². The largest absolute Gasteiger partial charge is 0.506 e. The van der Waals surface area contributed by atoms with Crippen LogP contribution in [0.5, 0.6) is 11.5 Å². The molecule has 118 valence electrons. The minimum absolute atomic E-state index is 0.00621. The minimum atomic E-state index is -1.21. The predicted octanol–water partition coefficient (Wildman–Crippen LogP) is 4.43. The highest BCUT2D eigenvalue weighted by atomic mass is 127. The lowest BCUT2D eigenvalue weighted by molar-refractivity contribution is -0.143. The van der Waals surface area contributed by atoms with Gasteiger partial charge in [0.1, 0.15) is 11.5 Å². The van der Waals surface area contributed by atoms with E-state index in [9.17, 15) is 15.0 Å². The number of ether oxygens (including phenoxy) is 1. The van der Waals surface area contributed by atoms with E-state index >= 15 is 0 Å². The third kappa shape index (κ3) is 2.86. The minimum Gasteiger partial charge on any atom is -0.506 e. The summed E-state index contributed by atoms with van der Waals surface area (Å²) in [4.78, 5) is 11.8. The van der Waals surface area contributed by atoms with Gasteiger partial charge in [-0.2, -0.15) is 0 Å². The van der Waals surface area contributed by atoms with E-state index in [0.29, 0.717) is 18.3 Å². The number of phenolic OH excluding ortho intramolecular Hbond substituents is 2. The fraction of sp³-hybridized carbons (Fsp3) is 0.0625. The van der Waals surface area contributed by atoms with E-state index in [4.69, 9.17) is 4.74 Å². The molecular formula is C16H9BrI2O4. The van der Waals surface area contributed by atoms with E-state index in [1.807, 2.05) is 69.4 Å². The van der Waals surface area contributed by atoms with Gasteiger partial charge in [-0.15, -0.1) is 0 Å². The number of rotatable bonds is 2. The molecule has 0 saturated heterocycles. The Balaban J connectivity index is 2.29. The molecule has 1 atom stereocenters. The molecule has 0 aromatic heterocycles. The Morgan fingerprint density at radius 1 is 1.09 bits per heavy atom. The SMILES string of the molecule is O=C1C=CC(c2ccc(Br)cc2)(c2cc(I)c(O)c(I)c2O)O1. The molecule has 2 aromatic rings. The van der Waals surface area contributed by atoms with Crippen LogP contribution in [-0.2, 0) is 15.1 Å². The third-order valence-corrected chi connectivity index (χ3v) is 5.93. The summed E-state index contributed by atoms with van der Waals surface area (Å²) >= 11 is 7.22. The Morgan fingerprint density at radius 3 is 2.30 bits per heavy atom. The average molecular weight is 599 g/mol. The first-order valence-electron chi connectivity index (χ1n) is 6.44. The highest BCUT2D eigenvalue weighted by Gasteiger charge is 2.42. The molecule has 7 heteroatoms. The second-order valence-electron chi connectivity index (χ2n) is 4.91. The molecule has 2 aromatic carbocycles. The highest BCUT2D eigenvalue weighted by Crippen LogP contribution is 2.47. The molecule has 23 heavy (non-hydrogen) atoms. The second-order valence-corrected chi connectivity index (χ2v) is 8.07. The molecule has 1 unspecified atom stereocenters. The van der Waals surface area contributed by atoms with Crippen molar-refractivity contribution in [2.24, 2.45) is 0 Å². The lowest BCUT2D eigenvalue weighted by Crippen LogP contribution is -2.27. The first-order valence-corrected chi connectivity index (χ1v) is 9.39.